The molecular formula is C15H20FN. The molecule has 0 bridgehead atoms. The van der Waals surface area contributed by atoms with Gasteiger partial charge in [0.25, 0.3) is 0 Å². The second kappa shape index (κ2) is 4.09. The molecule has 3 rings (SSSR count). The molecule has 2 aliphatic carbocycles. The Hall–Kier alpha value is -0.890. The van der Waals surface area contributed by atoms with Crippen LogP contribution in [0.5, 0.6) is 0 Å². The highest BCUT2D eigenvalue weighted by molar-refractivity contribution is 5.29. The van der Waals surface area contributed by atoms with E-state index in [2.05, 4.69) is 5.32 Å². The largest absolute Gasteiger partial charge is 0.313 e. The summed E-state index contributed by atoms with van der Waals surface area (Å²) in [7, 11) is 1.96. The van der Waals surface area contributed by atoms with Gasteiger partial charge in [0.15, 0.2) is 0 Å². The van der Waals surface area contributed by atoms with Gasteiger partial charge in [-0.05, 0) is 50.6 Å². The number of rotatable bonds is 3. The van der Waals surface area contributed by atoms with E-state index in [9.17, 15) is 4.39 Å². The highest BCUT2D eigenvalue weighted by Crippen LogP contribution is 2.62. The summed E-state index contributed by atoms with van der Waals surface area (Å²) in [5.41, 5.74) is 2.01. The van der Waals surface area contributed by atoms with Gasteiger partial charge in [-0.1, -0.05) is 24.1 Å². The fourth-order valence-electron chi connectivity index (χ4n) is 3.83. The molecular weight excluding hydrogens is 213 g/mol. The van der Waals surface area contributed by atoms with E-state index in [0.717, 1.165) is 23.0 Å². The Morgan fingerprint density at radius 1 is 1.29 bits per heavy atom. The third kappa shape index (κ3) is 1.79. The zero-order valence-corrected chi connectivity index (χ0v) is 10.5. The van der Waals surface area contributed by atoms with Crippen molar-refractivity contribution in [3.05, 3.63) is 35.1 Å². The molecule has 92 valence electrons. The second-order valence-electron chi connectivity index (χ2n) is 5.63. The predicted octanol–water partition coefficient (Wildman–Crippen LogP) is 3.44. The number of benzene rings is 1. The first-order valence-electron chi connectivity index (χ1n) is 6.65. The average Bonchev–Trinajstić information content (AvgIpc) is 2.79. The number of hydrogen-bond acceptors (Lipinski definition) is 1. The minimum absolute atomic E-state index is 0.0556. The van der Waals surface area contributed by atoms with Crippen molar-refractivity contribution in [3.8, 4) is 0 Å². The minimum Gasteiger partial charge on any atom is -0.313 e. The molecule has 0 heterocycles. The Labute approximate surface area is 102 Å². The Bertz CT molecular complexity index is 419. The van der Waals surface area contributed by atoms with Crippen molar-refractivity contribution in [3.63, 3.8) is 0 Å². The van der Waals surface area contributed by atoms with Crippen LogP contribution in [0.4, 0.5) is 4.39 Å². The molecule has 0 aromatic heterocycles. The Morgan fingerprint density at radius 2 is 2.00 bits per heavy atom. The van der Waals surface area contributed by atoms with E-state index in [1.165, 1.54) is 19.3 Å². The first-order chi connectivity index (χ1) is 8.22. The second-order valence-corrected chi connectivity index (χ2v) is 5.63. The molecule has 0 radical (unpaired) electrons. The smallest absolute Gasteiger partial charge is 0.128 e. The van der Waals surface area contributed by atoms with Gasteiger partial charge in [0.1, 0.15) is 5.82 Å². The molecule has 0 aliphatic heterocycles. The SMILES string of the molecule is CNC(c1cc(C)ccc1F)C1C2CCCC21. The number of nitrogens with one attached hydrogen (secondary N) is 1. The molecule has 2 heteroatoms. The van der Waals surface area contributed by atoms with Crippen LogP contribution in [0, 0.1) is 30.5 Å². The summed E-state index contributed by atoms with van der Waals surface area (Å²) in [4.78, 5) is 0. The van der Waals surface area contributed by atoms with E-state index in [0.29, 0.717) is 5.92 Å². The van der Waals surface area contributed by atoms with Gasteiger partial charge in [-0.2, -0.15) is 0 Å². The number of fused-ring (bicyclic) bond motifs is 1. The van der Waals surface area contributed by atoms with Gasteiger partial charge >= 0.3 is 0 Å². The standard InChI is InChI=1S/C15H20FN/c1-9-6-7-13(16)12(8-9)15(17-2)14-10-4-3-5-11(10)14/h6-8,10-11,14-15,17H,3-5H2,1-2H3. The van der Waals surface area contributed by atoms with Crippen molar-refractivity contribution in [2.45, 2.75) is 32.2 Å². The summed E-state index contributed by atoms with van der Waals surface area (Å²) >= 11 is 0. The van der Waals surface area contributed by atoms with Crippen LogP contribution in [0.2, 0.25) is 0 Å². The van der Waals surface area contributed by atoms with E-state index in [1.54, 1.807) is 6.07 Å². The lowest BCUT2D eigenvalue weighted by molar-refractivity contribution is 0.428. The molecule has 3 atom stereocenters. The lowest BCUT2D eigenvalue weighted by atomic mass is 9.95. The van der Waals surface area contributed by atoms with Gasteiger partial charge in [0, 0.05) is 11.6 Å². The van der Waals surface area contributed by atoms with Crippen molar-refractivity contribution < 1.29 is 4.39 Å². The first kappa shape index (κ1) is 11.2. The highest BCUT2D eigenvalue weighted by atomic mass is 19.1. The number of hydrogen-bond donors (Lipinski definition) is 1. The van der Waals surface area contributed by atoms with Crippen LogP contribution in [-0.4, -0.2) is 7.05 Å². The monoisotopic (exact) mass is 233 g/mol. The normalized spacial score (nSPS) is 32.3. The Kier molecular flexibility index (Phi) is 2.70. The molecule has 2 aliphatic rings. The molecule has 0 amide bonds. The average molecular weight is 233 g/mol. The van der Waals surface area contributed by atoms with Crippen molar-refractivity contribution in [2.75, 3.05) is 7.05 Å². The van der Waals surface area contributed by atoms with Crippen molar-refractivity contribution >= 4 is 0 Å². The molecule has 1 aromatic carbocycles. The van der Waals surface area contributed by atoms with Gasteiger partial charge < -0.3 is 5.32 Å². The van der Waals surface area contributed by atoms with Crippen LogP contribution in [0.3, 0.4) is 0 Å². The molecule has 0 saturated heterocycles. The van der Waals surface area contributed by atoms with Gasteiger partial charge in [0.05, 0.1) is 0 Å². The Balaban J connectivity index is 1.88. The van der Waals surface area contributed by atoms with Crippen LogP contribution >= 0.6 is 0 Å². The van der Waals surface area contributed by atoms with Gasteiger partial charge in [-0.3, -0.25) is 0 Å². The topological polar surface area (TPSA) is 12.0 Å². The van der Waals surface area contributed by atoms with Gasteiger partial charge in [-0.25, -0.2) is 4.39 Å². The summed E-state index contributed by atoms with van der Waals surface area (Å²) in [6.45, 7) is 2.03. The van der Waals surface area contributed by atoms with Crippen molar-refractivity contribution in [2.24, 2.45) is 17.8 Å². The Morgan fingerprint density at radius 3 is 2.65 bits per heavy atom. The van der Waals surface area contributed by atoms with Crippen molar-refractivity contribution in [1.82, 2.24) is 5.32 Å². The summed E-state index contributed by atoms with van der Waals surface area (Å²) in [6, 6.07) is 5.67. The van der Waals surface area contributed by atoms with E-state index in [-0.39, 0.29) is 11.9 Å². The van der Waals surface area contributed by atoms with E-state index >= 15 is 0 Å². The summed E-state index contributed by atoms with van der Waals surface area (Å²) < 4.78 is 13.9. The summed E-state index contributed by atoms with van der Waals surface area (Å²) in [6.07, 6.45) is 4.07. The third-order valence-electron chi connectivity index (χ3n) is 4.66. The molecule has 2 fully saturated rings. The van der Waals surface area contributed by atoms with Gasteiger partial charge in [-0.15, -0.1) is 0 Å². The fourth-order valence-corrected chi connectivity index (χ4v) is 3.83. The molecule has 3 unspecified atom stereocenters. The summed E-state index contributed by atoms with van der Waals surface area (Å²) in [5.74, 6) is 2.32. The minimum atomic E-state index is -0.0556. The van der Waals surface area contributed by atoms with Crippen LogP contribution < -0.4 is 5.32 Å². The maximum atomic E-state index is 13.9. The maximum absolute atomic E-state index is 13.9. The van der Waals surface area contributed by atoms with Crippen molar-refractivity contribution in [1.29, 1.82) is 0 Å². The molecule has 1 nitrogen and oxygen atoms in total. The number of aryl methyl sites for hydroxylation is 1. The lowest BCUT2D eigenvalue weighted by Crippen LogP contribution is -2.22. The summed E-state index contributed by atoms with van der Waals surface area (Å²) in [5, 5.41) is 3.34. The van der Waals surface area contributed by atoms with Crippen LogP contribution in [0.1, 0.15) is 36.4 Å². The van der Waals surface area contributed by atoms with Crippen LogP contribution in [0.15, 0.2) is 18.2 Å². The molecule has 2 saturated carbocycles. The lowest BCUT2D eigenvalue weighted by Gasteiger charge is -2.20. The quantitative estimate of drug-likeness (QED) is 0.843. The first-order valence-corrected chi connectivity index (χ1v) is 6.65. The maximum Gasteiger partial charge on any atom is 0.128 e. The van der Waals surface area contributed by atoms with Gasteiger partial charge in [0.2, 0.25) is 0 Å². The molecule has 17 heavy (non-hydrogen) atoms. The molecule has 0 spiro atoms. The van der Waals surface area contributed by atoms with E-state index < -0.39 is 0 Å². The molecule has 1 N–H and O–H groups in total. The van der Waals surface area contributed by atoms with Crippen LogP contribution in [0.25, 0.3) is 0 Å². The highest BCUT2D eigenvalue weighted by Gasteiger charge is 2.56. The van der Waals surface area contributed by atoms with E-state index in [4.69, 9.17) is 0 Å². The number of halogens is 1. The predicted molar refractivity (Wildman–Crippen MR) is 67.3 cm³/mol. The van der Waals surface area contributed by atoms with E-state index in [1.807, 2.05) is 26.1 Å². The molecule has 1 aromatic rings. The third-order valence-corrected chi connectivity index (χ3v) is 4.66. The fraction of sp³-hybridized carbons (Fsp3) is 0.600. The van der Waals surface area contributed by atoms with Crippen LogP contribution in [-0.2, 0) is 0 Å². The zero-order chi connectivity index (χ0) is 12.0. The zero-order valence-electron chi connectivity index (χ0n) is 10.5.